The number of aryl methyl sites for hydroxylation is 2. The van der Waals surface area contributed by atoms with Crippen LogP contribution in [0.5, 0.6) is 0 Å². The molecule has 0 bridgehead atoms. The number of aliphatic carboxylic acids is 1. The lowest BCUT2D eigenvalue weighted by atomic mass is 10.1. The molecule has 0 aromatic heterocycles. The van der Waals surface area contributed by atoms with Gasteiger partial charge in [-0.1, -0.05) is 25.1 Å². The number of esters is 1. The standard InChI is InChI=1S/C12H17NO2.C6H11NO2/c1-4-10-7-5-6-8(2)11(10)13-9(3)12(14)15;7-3-6(8)9-4-5-1-2-5/h5-7,9,13H,4H2,1-3H3,(H,14,15);5H,1-4,7H2/t9-;/m0./s1. The van der Waals surface area contributed by atoms with Crippen molar-refractivity contribution in [3.63, 3.8) is 0 Å². The van der Waals surface area contributed by atoms with Crippen molar-refractivity contribution in [2.24, 2.45) is 11.7 Å². The summed E-state index contributed by atoms with van der Waals surface area (Å²) in [5.41, 5.74) is 8.20. The van der Waals surface area contributed by atoms with Gasteiger partial charge in [-0.25, -0.2) is 0 Å². The number of hydrogen-bond acceptors (Lipinski definition) is 5. The molecule has 0 saturated heterocycles. The molecule has 0 aliphatic heterocycles. The molecular weight excluding hydrogens is 308 g/mol. The Morgan fingerprint density at radius 3 is 2.58 bits per heavy atom. The Hall–Kier alpha value is -2.08. The van der Waals surface area contributed by atoms with Crippen molar-refractivity contribution in [2.45, 2.75) is 46.1 Å². The lowest BCUT2D eigenvalue weighted by Gasteiger charge is -2.16. The first-order valence-corrected chi connectivity index (χ1v) is 8.32. The number of para-hydroxylation sites is 1. The van der Waals surface area contributed by atoms with Crippen LogP contribution in [0.2, 0.25) is 0 Å². The third kappa shape index (κ3) is 7.00. The molecule has 6 nitrogen and oxygen atoms in total. The highest BCUT2D eigenvalue weighted by Crippen LogP contribution is 2.28. The third-order valence-corrected chi connectivity index (χ3v) is 3.81. The highest BCUT2D eigenvalue weighted by atomic mass is 16.5. The highest BCUT2D eigenvalue weighted by molar-refractivity contribution is 5.77. The minimum absolute atomic E-state index is 0.00667. The number of carboxylic acid groups (broad SMARTS) is 1. The number of nitrogens with two attached hydrogens (primary N) is 1. The third-order valence-electron chi connectivity index (χ3n) is 3.81. The van der Waals surface area contributed by atoms with Crippen LogP contribution in [0.4, 0.5) is 5.69 Å². The van der Waals surface area contributed by atoms with Crippen LogP contribution in [0.3, 0.4) is 0 Å². The predicted molar refractivity (Wildman–Crippen MR) is 94.0 cm³/mol. The van der Waals surface area contributed by atoms with Gasteiger partial charge in [0.2, 0.25) is 0 Å². The molecule has 6 heteroatoms. The monoisotopic (exact) mass is 336 g/mol. The van der Waals surface area contributed by atoms with Crippen molar-refractivity contribution in [3.8, 4) is 0 Å². The number of ether oxygens (including phenoxy) is 1. The Morgan fingerprint density at radius 2 is 2.08 bits per heavy atom. The van der Waals surface area contributed by atoms with Gasteiger partial charge in [0.05, 0.1) is 13.2 Å². The van der Waals surface area contributed by atoms with Crippen LogP contribution in [0, 0.1) is 12.8 Å². The molecule has 2 rings (SSSR count). The Kier molecular flexibility index (Phi) is 8.26. The fourth-order valence-electron chi connectivity index (χ4n) is 2.06. The van der Waals surface area contributed by atoms with Gasteiger partial charge in [0.1, 0.15) is 6.04 Å². The molecule has 1 fully saturated rings. The van der Waals surface area contributed by atoms with Gasteiger partial charge < -0.3 is 20.9 Å². The number of benzene rings is 1. The summed E-state index contributed by atoms with van der Waals surface area (Å²) in [4.78, 5) is 21.1. The topological polar surface area (TPSA) is 102 Å². The van der Waals surface area contributed by atoms with Crippen LogP contribution >= 0.6 is 0 Å². The molecule has 0 unspecified atom stereocenters. The van der Waals surface area contributed by atoms with Gasteiger partial charge in [-0.05, 0) is 50.2 Å². The van der Waals surface area contributed by atoms with Crippen molar-refractivity contribution < 1.29 is 19.4 Å². The average molecular weight is 336 g/mol. The first-order chi connectivity index (χ1) is 11.4. The number of rotatable bonds is 7. The second-order valence-electron chi connectivity index (χ2n) is 6.00. The molecule has 1 aliphatic carbocycles. The maximum atomic E-state index is 10.8. The molecule has 24 heavy (non-hydrogen) atoms. The van der Waals surface area contributed by atoms with Crippen molar-refractivity contribution in [3.05, 3.63) is 29.3 Å². The maximum Gasteiger partial charge on any atom is 0.325 e. The van der Waals surface area contributed by atoms with E-state index in [1.807, 2.05) is 25.1 Å². The summed E-state index contributed by atoms with van der Waals surface area (Å²) in [6, 6.07) is 5.43. The van der Waals surface area contributed by atoms with E-state index in [2.05, 4.69) is 12.2 Å². The van der Waals surface area contributed by atoms with E-state index in [9.17, 15) is 9.59 Å². The van der Waals surface area contributed by atoms with Crippen LogP contribution in [0.15, 0.2) is 18.2 Å². The van der Waals surface area contributed by atoms with Crippen molar-refractivity contribution in [2.75, 3.05) is 18.5 Å². The summed E-state index contributed by atoms with van der Waals surface area (Å²) in [5.74, 6) is -0.484. The van der Waals surface area contributed by atoms with Gasteiger partial charge in [-0.2, -0.15) is 0 Å². The maximum absolute atomic E-state index is 10.8. The van der Waals surface area contributed by atoms with E-state index in [-0.39, 0.29) is 12.5 Å². The normalized spacial score (nSPS) is 14.2. The van der Waals surface area contributed by atoms with Gasteiger partial charge in [0, 0.05) is 5.69 Å². The summed E-state index contributed by atoms with van der Waals surface area (Å²) in [7, 11) is 0. The lowest BCUT2D eigenvalue weighted by molar-refractivity contribution is -0.142. The van der Waals surface area contributed by atoms with Crippen molar-refractivity contribution >= 4 is 17.6 Å². The molecule has 0 radical (unpaired) electrons. The first-order valence-electron chi connectivity index (χ1n) is 8.32. The van der Waals surface area contributed by atoms with Crippen LogP contribution in [-0.2, 0) is 20.7 Å². The Bertz CT molecular complexity index is 556. The summed E-state index contributed by atoms with van der Waals surface area (Å²) >= 11 is 0. The predicted octanol–water partition coefficient (Wildman–Crippen LogP) is 2.34. The Labute approximate surface area is 143 Å². The molecule has 1 atom stereocenters. The summed E-state index contributed by atoms with van der Waals surface area (Å²) < 4.78 is 4.75. The van der Waals surface area contributed by atoms with Crippen LogP contribution in [-0.4, -0.2) is 36.2 Å². The second kappa shape index (κ2) is 9.93. The second-order valence-corrected chi connectivity index (χ2v) is 6.00. The van der Waals surface area contributed by atoms with Crippen molar-refractivity contribution in [1.82, 2.24) is 0 Å². The lowest BCUT2D eigenvalue weighted by Crippen LogP contribution is -2.26. The number of hydrogen-bond donors (Lipinski definition) is 3. The first kappa shape index (κ1) is 20.0. The summed E-state index contributed by atoms with van der Waals surface area (Å²) in [6.45, 7) is 6.28. The fourth-order valence-corrected chi connectivity index (χ4v) is 2.06. The number of carbonyl (C=O) groups excluding carboxylic acids is 1. The van der Waals surface area contributed by atoms with E-state index in [0.29, 0.717) is 12.5 Å². The minimum atomic E-state index is -0.833. The molecule has 0 heterocycles. The molecule has 4 N–H and O–H groups in total. The zero-order valence-electron chi connectivity index (χ0n) is 14.7. The largest absolute Gasteiger partial charge is 0.480 e. The average Bonchev–Trinajstić information content (AvgIpc) is 3.39. The van der Waals surface area contributed by atoms with Gasteiger partial charge >= 0.3 is 11.9 Å². The minimum Gasteiger partial charge on any atom is -0.480 e. The molecule has 134 valence electrons. The van der Waals surface area contributed by atoms with Gasteiger partial charge in [-0.3, -0.25) is 9.59 Å². The molecule has 0 spiro atoms. The quantitative estimate of drug-likeness (QED) is 0.661. The molecule has 0 amide bonds. The van der Waals surface area contributed by atoms with E-state index in [0.717, 1.165) is 23.2 Å². The Balaban J connectivity index is 0.000000272. The summed E-state index contributed by atoms with van der Waals surface area (Å²) in [6.07, 6.45) is 3.31. The van der Waals surface area contributed by atoms with E-state index >= 15 is 0 Å². The van der Waals surface area contributed by atoms with Crippen molar-refractivity contribution in [1.29, 1.82) is 0 Å². The van der Waals surface area contributed by atoms with Crippen LogP contribution < -0.4 is 11.1 Å². The zero-order chi connectivity index (χ0) is 18.1. The fraction of sp³-hybridized carbons (Fsp3) is 0.556. The number of carboxylic acids is 1. The smallest absolute Gasteiger partial charge is 0.325 e. The van der Waals surface area contributed by atoms with E-state index in [1.165, 1.54) is 12.8 Å². The van der Waals surface area contributed by atoms with E-state index < -0.39 is 12.0 Å². The molecule has 1 aliphatic rings. The summed E-state index contributed by atoms with van der Waals surface area (Å²) in [5, 5.41) is 11.9. The van der Waals surface area contributed by atoms with Gasteiger partial charge in [0.15, 0.2) is 0 Å². The molecule has 1 saturated carbocycles. The molecular formula is C18H28N2O4. The number of anilines is 1. The molecule has 1 aromatic carbocycles. The van der Waals surface area contributed by atoms with Gasteiger partial charge in [-0.15, -0.1) is 0 Å². The Morgan fingerprint density at radius 1 is 1.42 bits per heavy atom. The number of nitrogens with one attached hydrogen (secondary N) is 1. The van der Waals surface area contributed by atoms with Crippen LogP contribution in [0.25, 0.3) is 0 Å². The number of carbonyl (C=O) groups is 2. The SMILES string of the molecule is CCc1cccc(C)c1N[C@@H](C)C(=O)O.NCC(=O)OCC1CC1. The molecule has 1 aromatic rings. The van der Waals surface area contributed by atoms with E-state index in [4.69, 9.17) is 15.6 Å². The van der Waals surface area contributed by atoms with Gasteiger partial charge in [0.25, 0.3) is 0 Å². The zero-order valence-corrected chi connectivity index (χ0v) is 14.7. The van der Waals surface area contributed by atoms with E-state index in [1.54, 1.807) is 6.92 Å². The van der Waals surface area contributed by atoms with Crippen LogP contribution in [0.1, 0.15) is 37.8 Å². The highest BCUT2D eigenvalue weighted by Gasteiger charge is 2.22.